The van der Waals surface area contributed by atoms with Gasteiger partial charge in [-0.3, -0.25) is 9.59 Å². The molecule has 0 aliphatic rings. The second-order valence-electron chi connectivity index (χ2n) is 4.69. The van der Waals surface area contributed by atoms with E-state index in [4.69, 9.17) is 20.4 Å². The lowest BCUT2D eigenvalue weighted by Crippen LogP contribution is -2.24. The molecule has 0 spiro atoms. The Bertz CT molecular complexity index is 866. The van der Waals surface area contributed by atoms with Crippen LogP contribution in [0.4, 0.5) is 0 Å². The number of Topliss-reactive ketones (excluding diaryl/α,β-unsaturated/α-hetero) is 1. The zero-order valence-electron chi connectivity index (χ0n) is 12.2. The number of halogens is 1. The van der Waals surface area contributed by atoms with Crippen LogP contribution in [0.25, 0.3) is 0 Å². The molecule has 3 aromatic rings. The van der Waals surface area contributed by atoms with Crippen molar-refractivity contribution in [1.29, 1.82) is 0 Å². The van der Waals surface area contributed by atoms with Gasteiger partial charge in [-0.1, -0.05) is 11.6 Å². The molecule has 120 valence electrons. The van der Waals surface area contributed by atoms with Crippen LogP contribution in [0.1, 0.15) is 26.7 Å². The van der Waals surface area contributed by atoms with Crippen molar-refractivity contribution in [3.63, 3.8) is 0 Å². The Labute approximate surface area is 141 Å². The van der Waals surface area contributed by atoms with E-state index in [0.717, 1.165) is 0 Å². The number of hydrogen-bond donors (Lipinski definition) is 1. The molecule has 1 amide bonds. The zero-order valence-corrected chi connectivity index (χ0v) is 13.0. The number of carbonyl (C=O) groups is 2. The van der Waals surface area contributed by atoms with Crippen molar-refractivity contribution in [2.75, 3.05) is 0 Å². The number of hydrogen-bond acceptors (Lipinski definition) is 5. The summed E-state index contributed by atoms with van der Waals surface area (Å²) in [6, 6.07) is 12.5. The predicted molar refractivity (Wildman–Crippen MR) is 87.2 cm³/mol. The number of nitrogens with zero attached hydrogens (tertiary/aromatic N) is 1. The van der Waals surface area contributed by atoms with E-state index in [2.05, 4.69) is 10.5 Å². The van der Waals surface area contributed by atoms with Crippen molar-refractivity contribution >= 4 is 29.0 Å². The molecule has 1 N–H and O–H groups in total. The number of rotatable bonds is 5. The molecule has 0 saturated heterocycles. The topological polar surface area (TPSA) is 84.8 Å². The van der Waals surface area contributed by atoms with Crippen LogP contribution in [-0.2, 0) is 0 Å². The van der Waals surface area contributed by atoms with Crippen molar-refractivity contribution in [3.8, 4) is 0 Å². The number of benzene rings is 1. The van der Waals surface area contributed by atoms with Crippen molar-refractivity contribution in [3.05, 3.63) is 83.2 Å². The first-order valence-electron chi connectivity index (χ1n) is 6.91. The predicted octanol–water partition coefficient (Wildman–Crippen LogP) is 3.54. The molecule has 0 saturated carbocycles. The maximum Gasteiger partial charge on any atom is 0.271 e. The Balaban J connectivity index is 1.85. The summed E-state index contributed by atoms with van der Waals surface area (Å²) >= 11 is 5.78. The molecule has 1 aromatic carbocycles. The summed E-state index contributed by atoms with van der Waals surface area (Å²) in [7, 11) is 0. The Morgan fingerprint density at radius 3 is 2.12 bits per heavy atom. The number of hydrazone groups is 1. The Kier molecular flexibility index (Phi) is 4.58. The lowest BCUT2D eigenvalue weighted by atomic mass is 10.1. The van der Waals surface area contributed by atoms with Crippen LogP contribution in [-0.4, -0.2) is 17.4 Å². The minimum atomic E-state index is -0.508. The SMILES string of the molecule is O=C(N/N=C(/C(=O)c1ccco1)c1ccco1)c1ccc(Cl)cc1. The van der Waals surface area contributed by atoms with Gasteiger partial charge in [-0.05, 0) is 48.5 Å². The van der Waals surface area contributed by atoms with Gasteiger partial charge in [0.25, 0.3) is 11.7 Å². The smallest absolute Gasteiger partial charge is 0.271 e. The highest BCUT2D eigenvalue weighted by molar-refractivity contribution is 6.50. The minimum Gasteiger partial charge on any atom is -0.462 e. The highest BCUT2D eigenvalue weighted by atomic mass is 35.5. The van der Waals surface area contributed by atoms with E-state index in [1.54, 1.807) is 42.5 Å². The third-order valence-corrected chi connectivity index (χ3v) is 3.34. The van der Waals surface area contributed by atoms with Gasteiger partial charge in [0.2, 0.25) is 0 Å². The lowest BCUT2D eigenvalue weighted by Gasteiger charge is -2.03. The molecule has 3 rings (SSSR count). The first kappa shape index (κ1) is 15.8. The van der Waals surface area contributed by atoms with Crippen LogP contribution in [0.2, 0.25) is 5.02 Å². The van der Waals surface area contributed by atoms with Gasteiger partial charge >= 0.3 is 0 Å². The van der Waals surface area contributed by atoms with E-state index in [0.29, 0.717) is 10.6 Å². The normalized spacial score (nSPS) is 11.3. The monoisotopic (exact) mass is 342 g/mol. The molecule has 0 unspecified atom stereocenters. The highest BCUT2D eigenvalue weighted by Crippen LogP contribution is 2.11. The van der Waals surface area contributed by atoms with E-state index >= 15 is 0 Å². The molecule has 2 aromatic heterocycles. The van der Waals surface area contributed by atoms with Gasteiger partial charge in [0.15, 0.2) is 17.2 Å². The van der Waals surface area contributed by atoms with E-state index in [1.165, 1.54) is 18.6 Å². The average molecular weight is 343 g/mol. The second-order valence-corrected chi connectivity index (χ2v) is 5.13. The molecule has 0 fully saturated rings. The van der Waals surface area contributed by atoms with E-state index in [-0.39, 0.29) is 17.2 Å². The number of furan rings is 2. The van der Waals surface area contributed by atoms with E-state index < -0.39 is 11.7 Å². The van der Waals surface area contributed by atoms with Crippen LogP contribution >= 0.6 is 11.6 Å². The molecule has 0 bridgehead atoms. The van der Waals surface area contributed by atoms with Gasteiger partial charge in [-0.15, -0.1) is 0 Å². The molecular formula is C17H11ClN2O4. The van der Waals surface area contributed by atoms with E-state index in [1.807, 2.05) is 0 Å². The van der Waals surface area contributed by atoms with Gasteiger partial charge in [0.1, 0.15) is 0 Å². The van der Waals surface area contributed by atoms with Crippen LogP contribution in [0.5, 0.6) is 0 Å². The third kappa shape index (κ3) is 3.44. The average Bonchev–Trinajstić information content (AvgIpc) is 3.29. The van der Waals surface area contributed by atoms with Crippen molar-refractivity contribution < 1.29 is 18.4 Å². The molecule has 7 heteroatoms. The van der Waals surface area contributed by atoms with Crippen LogP contribution in [0, 0.1) is 0 Å². The first-order valence-corrected chi connectivity index (χ1v) is 7.28. The molecule has 0 aliphatic carbocycles. The van der Waals surface area contributed by atoms with Crippen molar-refractivity contribution in [2.45, 2.75) is 0 Å². The Morgan fingerprint density at radius 1 is 0.917 bits per heavy atom. The van der Waals surface area contributed by atoms with Crippen molar-refractivity contribution in [2.24, 2.45) is 5.10 Å². The van der Waals surface area contributed by atoms with Gasteiger partial charge in [0.05, 0.1) is 12.5 Å². The molecule has 0 atom stereocenters. The van der Waals surface area contributed by atoms with Crippen LogP contribution in [0.3, 0.4) is 0 Å². The minimum absolute atomic E-state index is 0.0720. The van der Waals surface area contributed by atoms with Gasteiger partial charge < -0.3 is 8.83 Å². The molecule has 2 heterocycles. The summed E-state index contributed by atoms with van der Waals surface area (Å²) in [5.41, 5.74) is 2.62. The molecule has 0 radical (unpaired) electrons. The lowest BCUT2D eigenvalue weighted by molar-refractivity contribution is 0.0954. The summed E-state index contributed by atoms with van der Waals surface area (Å²) in [5.74, 6) is -0.687. The van der Waals surface area contributed by atoms with Crippen LogP contribution < -0.4 is 5.43 Å². The van der Waals surface area contributed by atoms with E-state index in [9.17, 15) is 9.59 Å². The zero-order chi connectivity index (χ0) is 16.9. The second kappa shape index (κ2) is 6.97. The Morgan fingerprint density at radius 2 is 1.54 bits per heavy atom. The van der Waals surface area contributed by atoms with Gasteiger partial charge in [0, 0.05) is 10.6 Å². The molecule has 6 nitrogen and oxygen atoms in total. The fraction of sp³-hybridized carbons (Fsp3) is 0. The standard InChI is InChI=1S/C17H11ClN2O4/c18-12-7-5-11(6-8-12)17(22)20-19-15(13-3-1-9-23-13)16(21)14-4-2-10-24-14/h1-10H,(H,20,22)/b19-15+. The van der Waals surface area contributed by atoms with Gasteiger partial charge in [-0.25, -0.2) is 5.43 Å². The Hall–Kier alpha value is -3.12. The summed E-state index contributed by atoms with van der Waals surface area (Å²) < 4.78 is 10.3. The van der Waals surface area contributed by atoms with Crippen LogP contribution in [0.15, 0.2) is 75.0 Å². The number of carbonyl (C=O) groups excluding carboxylic acids is 2. The maximum atomic E-state index is 12.4. The fourth-order valence-electron chi connectivity index (χ4n) is 1.93. The summed E-state index contributed by atoms with van der Waals surface area (Å²) in [6.45, 7) is 0. The van der Waals surface area contributed by atoms with Gasteiger partial charge in [-0.2, -0.15) is 5.10 Å². The molecule has 24 heavy (non-hydrogen) atoms. The summed E-state index contributed by atoms with van der Waals surface area (Å²) in [5, 5.41) is 4.41. The fourth-order valence-corrected chi connectivity index (χ4v) is 2.05. The largest absolute Gasteiger partial charge is 0.462 e. The highest BCUT2D eigenvalue weighted by Gasteiger charge is 2.22. The number of amides is 1. The quantitative estimate of drug-likeness (QED) is 0.436. The molecule has 0 aliphatic heterocycles. The molecular weight excluding hydrogens is 332 g/mol. The third-order valence-electron chi connectivity index (χ3n) is 3.09. The number of ketones is 1. The first-order chi connectivity index (χ1) is 11.6. The summed E-state index contributed by atoms with van der Waals surface area (Å²) in [4.78, 5) is 24.6. The number of nitrogens with one attached hydrogen (secondary N) is 1. The van der Waals surface area contributed by atoms with Crippen molar-refractivity contribution in [1.82, 2.24) is 5.43 Å². The maximum absolute atomic E-state index is 12.4. The summed E-state index contributed by atoms with van der Waals surface area (Å²) in [6.07, 6.45) is 2.78.